The number of nitrogens with one attached hydrogen (secondary N) is 1. The van der Waals surface area contributed by atoms with Crippen molar-refractivity contribution in [3.63, 3.8) is 0 Å². The monoisotopic (exact) mass is 266 g/mol. The second-order valence-electron chi connectivity index (χ2n) is 3.84. The van der Waals surface area contributed by atoms with Crippen LogP contribution in [0.3, 0.4) is 0 Å². The molecule has 1 aromatic rings. The molecule has 3 N–H and O–H groups in total. The number of ether oxygens (including phenoxy) is 1. The lowest BCUT2D eigenvalue weighted by Crippen LogP contribution is -2.24. The molecule has 4 nitrogen and oxygen atoms in total. The van der Waals surface area contributed by atoms with Crippen LogP contribution in [0, 0.1) is 0 Å². The Balaban J connectivity index is 2.35. The molecule has 1 amide bonds. The molecule has 0 aliphatic heterocycles. The number of hydrogen-bond donors (Lipinski definition) is 2. The Kier molecular flexibility index (Phi) is 6.14. The number of benzene rings is 1. The van der Waals surface area contributed by atoms with E-state index in [9.17, 15) is 4.79 Å². The molecule has 0 saturated carbocycles. The number of hydrogen-bond acceptors (Lipinski definition) is 3. The molecule has 5 heteroatoms. The Labute approximate surface area is 113 Å². The minimum Gasteiger partial charge on any atom is -0.493 e. The van der Waals surface area contributed by atoms with Gasteiger partial charge >= 0.3 is 0 Å². The number of nitrogens with two attached hydrogens (primary N) is 1. The lowest BCUT2D eigenvalue weighted by atomic mass is 10.1. The highest BCUT2D eigenvalue weighted by Gasteiger charge is 2.01. The van der Waals surface area contributed by atoms with Gasteiger partial charge in [-0.25, -0.2) is 0 Å². The van der Waals surface area contributed by atoms with Crippen molar-refractivity contribution in [1.82, 2.24) is 5.32 Å². The standard InChI is InChI=1S/C13H18N2O2S/c1-2-15-13(16)7-8-17-11-5-3-10(4-6-11)9-12(14)18/h3-6H,2,7-9H2,1H3,(H2,14,18)(H,15,16). The highest BCUT2D eigenvalue weighted by molar-refractivity contribution is 7.80. The zero-order chi connectivity index (χ0) is 13.4. The molecular formula is C13H18N2O2S. The second kappa shape index (κ2) is 7.66. The van der Waals surface area contributed by atoms with Gasteiger partial charge in [0.1, 0.15) is 5.75 Å². The smallest absolute Gasteiger partial charge is 0.223 e. The number of carbonyl (C=O) groups excluding carboxylic acids is 1. The first-order valence-electron chi connectivity index (χ1n) is 5.88. The Morgan fingerprint density at radius 1 is 1.39 bits per heavy atom. The van der Waals surface area contributed by atoms with Crippen molar-refractivity contribution in [1.29, 1.82) is 0 Å². The fraction of sp³-hybridized carbons (Fsp3) is 0.385. The van der Waals surface area contributed by atoms with E-state index in [1.807, 2.05) is 31.2 Å². The van der Waals surface area contributed by atoms with Gasteiger partial charge in [-0.1, -0.05) is 24.4 Å². The lowest BCUT2D eigenvalue weighted by molar-refractivity contribution is -0.121. The van der Waals surface area contributed by atoms with Gasteiger partial charge in [0.25, 0.3) is 0 Å². The summed E-state index contributed by atoms with van der Waals surface area (Å²) in [5, 5.41) is 2.72. The fourth-order valence-corrected chi connectivity index (χ4v) is 1.62. The van der Waals surface area contributed by atoms with Gasteiger partial charge in [0.2, 0.25) is 5.91 Å². The average Bonchev–Trinajstić information content (AvgIpc) is 2.31. The van der Waals surface area contributed by atoms with E-state index in [2.05, 4.69) is 5.32 Å². The first kappa shape index (κ1) is 14.4. The summed E-state index contributed by atoms with van der Waals surface area (Å²) in [5.74, 6) is 0.744. The topological polar surface area (TPSA) is 64.3 Å². The number of thiocarbonyl (C=S) groups is 1. The average molecular weight is 266 g/mol. The summed E-state index contributed by atoms with van der Waals surface area (Å²) in [6.07, 6.45) is 0.955. The second-order valence-corrected chi connectivity index (χ2v) is 4.36. The summed E-state index contributed by atoms with van der Waals surface area (Å²) in [6.45, 7) is 2.91. The van der Waals surface area contributed by atoms with Crippen LogP contribution in [0.15, 0.2) is 24.3 Å². The van der Waals surface area contributed by atoms with E-state index in [0.717, 1.165) is 11.3 Å². The molecule has 0 fully saturated rings. The van der Waals surface area contributed by atoms with Crippen LogP contribution in [-0.2, 0) is 11.2 Å². The maximum atomic E-state index is 11.2. The van der Waals surface area contributed by atoms with E-state index in [1.165, 1.54) is 0 Å². The Morgan fingerprint density at radius 3 is 2.61 bits per heavy atom. The van der Waals surface area contributed by atoms with Gasteiger partial charge in [-0.2, -0.15) is 0 Å². The Hall–Kier alpha value is -1.62. The normalized spacial score (nSPS) is 9.83. The van der Waals surface area contributed by atoms with Crippen molar-refractivity contribution in [3.8, 4) is 5.75 Å². The van der Waals surface area contributed by atoms with E-state index < -0.39 is 0 Å². The van der Waals surface area contributed by atoms with Crippen LogP contribution in [0.1, 0.15) is 18.9 Å². The quantitative estimate of drug-likeness (QED) is 0.733. The summed E-state index contributed by atoms with van der Waals surface area (Å²) in [4.78, 5) is 11.7. The minimum atomic E-state index is 0.00241. The van der Waals surface area contributed by atoms with Gasteiger partial charge < -0.3 is 15.8 Å². The van der Waals surface area contributed by atoms with Crippen LogP contribution in [0.25, 0.3) is 0 Å². The molecule has 0 unspecified atom stereocenters. The summed E-state index contributed by atoms with van der Waals surface area (Å²) >= 11 is 4.84. The predicted octanol–water partition coefficient (Wildman–Crippen LogP) is 1.42. The number of carbonyl (C=O) groups is 1. The highest BCUT2D eigenvalue weighted by Crippen LogP contribution is 2.12. The molecule has 1 aromatic carbocycles. The fourth-order valence-electron chi connectivity index (χ4n) is 1.45. The summed E-state index contributed by atoms with van der Waals surface area (Å²) in [6, 6.07) is 7.54. The lowest BCUT2D eigenvalue weighted by Gasteiger charge is -2.07. The van der Waals surface area contributed by atoms with Crippen LogP contribution in [0.5, 0.6) is 5.75 Å². The highest BCUT2D eigenvalue weighted by atomic mass is 32.1. The van der Waals surface area contributed by atoms with Gasteiger partial charge in [-0.05, 0) is 24.6 Å². The zero-order valence-electron chi connectivity index (χ0n) is 10.4. The molecule has 98 valence electrons. The summed E-state index contributed by atoms with van der Waals surface area (Å²) < 4.78 is 5.46. The third-order valence-electron chi connectivity index (χ3n) is 2.27. The van der Waals surface area contributed by atoms with Crippen LogP contribution in [-0.4, -0.2) is 24.0 Å². The molecular weight excluding hydrogens is 248 g/mol. The third-order valence-corrected chi connectivity index (χ3v) is 2.42. The van der Waals surface area contributed by atoms with Gasteiger partial charge in [0.05, 0.1) is 18.0 Å². The maximum Gasteiger partial charge on any atom is 0.223 e. The predicted molar refractivity (Wildman–Crippen MR) is 75.7 cm³/mol. The van der Waals surface area contributed by atoms with Gasteiger partial charge in [-0.15, -0.1) is 0 Å². The van der Waals surface area contributed by atoms with E-state index in [4.69, 9.17) is 22.7 Å². The van der Waals surface area contributed by atoms with Crippen LogP contribution in [0.2, 0.25) is 0 Å². The maximum absolute atomic E-state index is 11.2. The molecule has 0 aromatic heterocycles. The van der Waals surface area contributed by atoms with Crippen LogP contribution in [0.4, 0.5) is 0 Å². The van der Waals surface area contributed by atoms with Crippen molar-refractivity contribution in [2.75, 3.05) is 13.2 Å². The molecule has 0 aliphatic rings. The van der Waals surface area contributed by atoms with Gasteiger partial charge in [0.15, 0.2) is 0 Å². The number of rotatable bonds is 7. The van der Waals surface area contributed by atoms with Crippen LogP contribution >= 0.6 is 12.2 Å². The van der Waals surface area contributed by atoms with Crippen molar-refractivity contribution in [2.45, 2.75) is 19.8 Å². The largest absolute Gasteiger partial charge is 0.493 e. The SMILES string of the molecule is CCNC(=O)CCOc1ccc(CC(N)=S)cc1. The van der Waals surface area contributed by atoms with Crippen molar-refractivity contribution < 1.29 is 9.53 Å². The molecule has 0 radical (unpaired) electrons. The van der Waals surface area contributed by atoms with E-state index in [-0.39, 0.29) is 5.91 Å². The third kappa shape index (κ3) is 5.63. The Bertz CT molecular complexity index is 404. The molecule has 0 heterocycles. The summed E-state index contributed by atoms with van der Waals surface area (Å²) in [5.41, 5.74) is 6.51. The minimum absolute atomic E-state index is 0.00241. The van der Waals surface area contributed by atoms with E-state index >= 15 is 0 Å². The van der Waals surface area contributed by atoms with E-state index in [1.54, 1.807) is 0 Å². The van der Waals surface area contributed by atoms with Crippen LogP contribution < -0.4 is 15.8 Å². The first-order chi connectivity index (χ1) is 8.61. The van der Waals surface area contributed by atoms with Crippen molar-refractivity contribution >= 4 is 23.1 Å². The van der Waals surface area contributed by atoms with Gasteiger partial charge in [-0.3, -0.25) is 4.79 Å². The van der Waals surface area contributed by atoms with Crippen molar-refractivity contribution in [3.05, 3.63) is 29.8 Å². The first-order valence-corrected chi connectivity index (χ1v) is 6.29. The zero-order valence-corrected chi connectivity index (χ0v) is 11.3. The molecule has 0 bridgehead atoms. The molecule has 0 atom stereocenters. The molecule has 1 rings (SSSR count). The molecule has 0 spiro atoms. The van der Waals surface area contributed by atoms with Gasteiger partial charge in [0, 0.05) is 13.0 Å². The molecule has 0 aliphatic carbocycles. The Morgan fingerprint density at radius 2 is 2.06 bits per heavy atom. The number of amides is 1. The summed E-state index contributed by atoms with van der Waals surface area (Å²) in [7, 11) is 0. The molecule has 18 heavy (non-hydrogen) atoms. The van der Waals surface area contributed by atoms with E-state index in [0.29, 0.717) is 31.0 Å². The molecule has 0 saturated heterocycles. The van der Waals surface area contributed by atoms with Crippen molar-refractivity contribution in [2.24, 2.45) is 5.73 Å².